The minimum Gasteiger partial charge on any atom is -0.480 e. The van der Waals surface area contributed by atoms with Crippen LogP contribution in [0.3, 0.4) is 0 Å². The molecular weight excluding hydrogens is 276 g/mol. The molecule has 0 aliphatic carbocycles. The Morgan fingerprint density at radius 2 is 1.35 bits per heavy atom. The van der Waals surface area contributed by atoms with Gasteiger partial charge < -0.3 is 21.1 Å². The van der Waals surface area contributed by atoms with Crippen molar-refractivity contribution < 1.29 is 29.2 Å². The smallest absolute Gasteiger partial charge is 0.322 e. The first-order valence-corrected chi connectivity index (χ1v) is 5.45. The Hall–Kier alpha value is -2.72. The first-order valence-electron chi connectivity index (χ1n) is 5.45. The molecule has 0 saturated carbocycles. The fourth-order valence-electron chi connectivity index (χ4n) is 0.938. The van der Waals surface area contributed by atoms with Crippen LogP contribution in [0.2, 0.25) is 0 Å². The van der Waals surface area contributed by atoms with Crippen LogP contribution in [0.4, 0.5) is 0 Å². The van der Waals surface area contributed by atoms with Crippen LogP contribution in [0.5, 0.6) is 0 Å². The lowest BCUT2D eigenvalue weighted by Crippen LogP contribution is -2.43. The molecule has 0 fully saturated rings. The first-order chi connectivity index (χ1) is 9.31. The van der Waals surface area contributed by atoms with E-state index in [1.807, 2.05) is 5.32 Å². The Balaban J connectivity index is 3.73. The van der Waals surface area contributed by atoms with Crippen LogP contribution in [0, 0.1) is 10.1 Å². The average Bonchev–Trinajstić information content (AvgIpc) is 2.37. The monoisotopic (exact) mass is 290 g/mol. The van der Waals surface area contributed by atoms with Gasteiger partial charge >= 0.3 is 5.97 Å². The Bertz CT molecular complexity index is 373. The van der Waals surface area contributed by atoms with E-state index in [2.05, 4.69) is 10.6 Å². The molecule has 11 nitrogen and oxygen atoms in total. The number of carboxylic acids is 1. The summed E-state index contributed by atoms with van der Waals surface area (Å²) in [6.07, 6.45) is -0.348. The summed E-state index contributed by atoms with van der Waals surface area (Å²) in [5.41, 5.74) is 0. The SMILES string of the molecule is O=C(O)CNC(=O)CNC(=O)CNC(=O)CC[N+](=O)[O-]. The number of carbonyl (C=O) groups is 4. The van der Waals surface area contributed by atoms with Gasteiger partial charge in [-0.05, 0) is 0 Å². The summed E-state index contributed by atoms with van der Waals surface area (Å²) in [4.78, 5) is 52.7. The first kappa shape index (κ1) is 17.3. The van der Waals surface area contributed by atoms with E-state index < -0.39 is 54.8 Å². The zero-order valence-corrected chi connectivity index (χ0v) is 10.4. The second-order valence-electron chi connectivity index (χ2n) is 3.53. The Morgan fingerprint density at radius 3 is 1.80 bits per heavy atom. The summed E-state index contributed by atoms with van der Waals surface area (Å²) >= 11 is 0. The predicted octanol–water partition coefficient (Wildman–Crippen LogP) is -2.91. The van der Waals surface area contributed by atoms with Crippen molar-refractivity contribution in [3.8, 4) is 0 Å². The third-order valence-electron chi connectivity index (χ3n) is 1.85. The van der Waals surface area contributed by atoms with Crippen LogP contribution < -0.4 is 16.0 Å². The third-order valence-corrected chi connectivity index (χ3v) is 1.85. The maximum Gasteiger partial charge on any atom is 0.322 e. The van der Waals surface area contributed by atoms with Crippen LogP contribution in [-0.4, -0.2) is 59.9 Å². The van der Waals surface area contributed by atoms with Crippen molar-refractivity contribution in [2.45, 2.75) is 6.42 Å². The number of carboxylic acid groups (broad SMARTS) is 1. The van der Waals surface area contributed by atoms with E-state index in [1.54, 1.807) is 0 Å². The number of nitrogens with one attached hydrogen (secondary N) is 3. The zero-order valence-electron chi connectivity index (χ0n) is 10.4. The van der Waals surface area contributed by atoms with Gasteiger partial charge in [-0.15, -0.1) is 0 Å². The van der Waals surface area contributed by atoms with Gasteiger partial charge in [-0.3, -0.25) is 29.3 Å². The van der Waals surface area contributed by atoms with E-state index >= 15 is 0 Å². The fraction of sp³-hybridized carbons (Fsp3) is 0.556. The van der Waals surface area contributed by atoms with Crippen LogP contribution in [0.1, 0.15) is 6.42 Å². The van der Waals surface area contributed by atoms with Crippen molar-refractivity contribution in [3.05, 3.63) is 10.1 Å². The lowest BCUT2D eigenvalue weighted by atomic mass is 10.4. The summed E-state index contributed by atoms with van der Waals surface area (Å²) in [6, 6.07) is 0. The third kappa shape index (κ3) is 10.4. The molecule has 0 unspecified atom stereocenters. The number of nitrogens with zero attached hydrogens (tertiary/aromatic N) is 1. The summed E-state index contributed by atoms with van der Waals surface area (Å²) in [6.45, 7) is -1.96. The van der Waals surface area contributed by atoms with Gasteiger partial charge in [-0.25, -0.2) is 0 Å². The van der Waals surface area contributed by atoms with Gasteiger partial charge in [0.1, 0.15) is 6.54 Å². The van der Waals surface area contributed by atoms with Crippen molar-refractivity contribution in [2.24, 2.45) is 0 Å². The molecule has 0 aliphatic rings. The highest BCUT2D eigenvalue weighted by molar-refractivity contribution is 5.89. The highest BCUT2D eigenvalue weighted by Crippen LogP contribution is 1.80. The van der Waals surface area contributed by atoms with Gasteiger partial charge in [0, 0.05) is 4.92 Å². The average molecular weight is 290 g/mol. The molecule has 0 aromatic heterocycles. The number of nitro groups is 1. The van der Waals surface area contributed by atoms with E-state index in [9.17, 15) is 29.3 Å². The van der Waals surface area contributed by atoms with E-state index in [0.29, 0.717) is 0 Å². The second-order valence-corrected chi connectivity index (χ2v) is 3.53. The van der Waals surface area contributed by atoms with Gasteiger partial charge in [0.05, 0.1) is 19.5 Å². The number of rotatable bonds is 9. The van der Waals surface area contributed by atoms with Crippen molar-refractivity contribution in [2.75, 3.05) is 26.2 Å². The molecule has 0 spiro atoms. The molecule has 0 aliphatic heterocycles. The molecular formula is C9H14N4O7. The van der Waals surface area contributed by atoms with E-state index in [1.165, 1.54) is 0 Å². The van der Waals surface area contributed by atoms with E-state index in [-0.39, 0.29) is 6.42 Å². The summed E-state index contributed by atoms with van der Waals surface area (Å²) in [7, 11) is 0. The number of amides is 3. The Morgan fingerprint density at radius 1 is 0.900 bits per heavy atom. The minimum absolute atomic E-state index is 0.348. The van der Waals surface area contributed by atoms with E-state index in [4.69, 9.17) is 5.11 Å². The number of aliphatic carboxylic acids is 1. The molecule has 0 heterocycles. The highest BCUT2D eigenvalue weighted by atomic mass is 16.6. The van der Waals surface area contributed by atoms with Gasteiger partial charge in [-0.2, -0.15) is 0 Å². The molecule has 11 heteroatoms. The minimum atomic E-state index is -1.22. The van der Waals surface area contributed by atoms with Crippen LogP contribution in [0.15, 0.2) is 0 Å². The lowest BCUT2D eigenvalue weighted by molar-refractivity contribution is -0.478. The van der Waals surface area contributed by atoms with Crippen LogP contribution in [-0.2, 0) is 19.2 Å². The summed E-state index contributed by atoms with van der Waals surface area (Å²) < 4.78 is 0. The standard InChI is InChI=1S/C9H14N4O7/c14-6(1-2-13(19)20)10-3-7(15)11-4-8(16)12-5-9(17)18/h1-5H2,(H,10,14)(H,11,15)(H,12,16)(H,17,18). The highest BCUT2D eigenvalue weighted by Gasteiger charge is 2.10. The lowest BCUT2D eigenvalue weighted by Gasteiger charge is -2.06. The zero-order chi connectivity index (χ0) is 15.5. The number of carbonyl (C=O) groups excluding carboxylic acids is 3. The maximum absolute atomic E-state index is 11.2. The van der Waals surface area contributed by atoms with Gasteiger partial charge in [0.2, 0.25) is 24.3 Å². The second kappa shape index (κ2) is 9.24. The fourth-order valence-corrected chi connectivity index (χ4v) is 0.938. The number of hydrogen-bond donors (Lipinski definition) is 4. The van der Waals surface area contributed by atoms with Crippen LogP contribution in [0.25, 0.3) is 0 Å². The van der Waals surface area contributed by atoms with Gasteiger partial charge in [-0.1, -0.05) is 0 Å². The molecule has 3 amide bonds. The molecule has 4 N–H and O–H groups in total. The largest absolute Gasteiger partial charge is 0.480 e. The molecule has 0 saturated heterocycles. The Labute approximate surface area is 112 Å². The summed E-state index contributed by atoms with van der Waals surface area (Å²) in [5, 5.41) is 24.5. The molecule has 0 radical (unpaired) electrons. The molecule has 0 atom stereocenters. The molecule has 0 aromatic carbocycles. The van der Waals surface area contributed by atoms with Gasteiger partial charge in [0.15, 0.2) is 0 Å². The predicted molar refractivity (Wildman–Crippen MR) is 63.1 cm³/mol. The van der Waals surface area contributed by atoms with Gasteiger partial charge in [0.25, 0.3) is 0 Å². The molecule has 0 bridgehead atoms. The number of hydrogen-bond acceptors (Lipinski definition) is 6. The topological polar surface area (TPSA) is 168 Å². The van der Waals surface area contributed by atoms with Crippen molar-refractivity contribution >= 4 is 23.7 Å². The maximum atomic E-state index is 11.2. The molecule has 0 rings (SSSR count). The quantitative estimate of drug-likeness (QED) is 0.260. The van der Waals surface area contributed by atoms with Crippen molar-refractivity contribution in [1.82, 2.24) is 16.0 Å². The van der Waals surface area contributed by atoms with Crippen LogP contribution >= 0.6 is 0 Å². The molecule has 0 aromatic rings. The van der Waals surface area contributed by atoms with E-state index in [0.717, 1.165) is 0 Å². The van der Waals surface area contributed by atoms with Crippen molar-refractivity contribution in [3.63, 3.8) is 0 Å². The molecule has 20 heavy (non-hydrogen) atoms. The Kier molecular flexibility index (Phi) is 7.99. The normalized spacial score (nSPS) is 9.40. The summed E-state index contributed by atoms with van der Waals surface area (Å²) in [5.74, 6) is -3.25. The molecule has 112 valence electrons. The van der Waals surface area contributed by atoms with Crippen molar-refractivity contribution in [1.29, 1.82) is 0 Å².